The molecular formula is C10H17F3O2P+. The van der Waals surface area contributed by atoms with Gasteiger partial charge in [-0.25, -0.2) is 0 Å². The lowest BCUT2D eigenvalue weighted by atomic mass is 9.87. The molecule has 2 atom stereocenters. The summed E-state index contributed by atoms with van der Waals surface area (Å²) in [4.78, 5) is 0. The average molecular weight is 257 g/mol. The van der Waals surface area contributed by atoms with Crippen molar-refractivity contribution in [3.63, 3.8) is 0 Å². The molecule has 1 fully saturated rings. The predicted molar refractivity (Wildman–Crippen MR) is 55.7 cm³/mol. The zero-order valence-corrected chi connectivity index (χ0v) is 10.2. The first-order valence-corrected chi connectivity index (χ1v) is 6.81. The van der Waals surface area contributed by atoms with E-state index in [1.165, 1.54) is 6.42 Å². The molecule has 1 saturated carbocycles. The Labute approximate surface area is 94.4 Å². The summed E-state index contributed by atoms with van der Waals surface area (Å²) in [5, 5.41) is 0. The van der Waals surface area contributed by atoms with Crippen LogP contribution in [0, 0.1) is 5.92 Å². The van der Waals surface area contributed by atoms with E-state index in [0.29, 0.717) is 0 Å². The second-order valence-electron chi connectivity index (χ2n) is 4.31. The molecule has 2 unspecified atom stereocenters. The van der Waals surface area contributed by atoms with Crippen LogP contribution in [0.2, 0.25) is 0 Å². The molecule has 0 aromatic carbocycles. The van der Waals surface area contributed by atoms with Crippen molar-refractivity contribution in [1.29, 1.82) is 0 Å². The van der Waals surface area contributed by atoms with E-state index >= 15 is 0 Å². The Balaban J connectivity index is 2.34. The normalized spacial score (nSPS) is 21.9. The maximum absolute atomic E-state index is 11.9. The van der Waals surface area contributed by atoms with Crippen molar-refractivity contribution in [3.8, 4) is 0 Å². The molecule has 2 nitrogen and oxygen atoms in total. The SMILES string of the molecule is CC(C1CCCCC1)[P+](=O)OCC(F)(F)F. The van der Waals surface area contributed by atoms with Gasteiger partial charge in [-0.3, -0.25) is 0 Å². The zero-order valence-electron chi connectivity index (χ0n) is 9.29. The fraction of sp³-hybridized carbons (Fsp3) is 1.00. The minimum absolute atomic E-state index is 0.255. The van der Waals surface area contributed by atoms with Gasteiger partial charge in [0.15, 0.2) is 12.3 Å². The maximum atomic E-state index is 11.9. The Kier molecular flexibility index (Phi) is 5.19. The molecule has 0 amide bonds. The smallest absolute Gasteiger partial charge is 0.168 e. The summed E-state index contributed by atoms with van der Waals surface area (Å²) in [5.74, 6) is 0.255. The van der Waals surface area contributed by atoms with Crippen molar-refractivity contribution in [2.45, 2.75) is 50.9 Å². The number of halogens is 3. The van der Waals surface area contributed by atoms with Gasteiger partial charge in [0.2, 0.25) is 0 Å². The van der Waals surface area contributed by atoms with E-state index in [1.807, 2.05) is 0 Å². The topological polar surface area (TPSA) is 26.3 Å². The fourth-order valence-corrected chi connectivity index (χ4v) is 3.19. The molecule has 0 saturated heterocycles. The van der Waals surface area contributed by atoms with Gasteiger partial charge in [-0.1, -0.05) is 19.3 Å². The van der Waals surface area contributed by atoms with E-state index in [4.69, 9.17) is 0 Å². The van der Waals surface area contributed by atoms with E-state index in [1.54, 1.807) is 6.92 Å². The van der Waals surface area contributed by atoms with Gasteiger partial charge in [0.1, 0.15) is 0 Å². The lowest BCUT2D eigenvalue weighted by Gasteiger charge is -2.21. The van der Waals surface area contributed by atoms with Crippen LogP contribution in [0.15, 0.2) is 0 Å². The lowest BCUT2D eigenvalue weighted by Crippen LogP contribution is -2.20. The van der Waals surface area contributed by atoms with Gasteiger partial charge in [-0.15, -0.1) is 4.52 Å². The first-order chi connectivity index (χ1) is 7.40. The van der Waals surface area contributed by atoms with Gasteiger partial charge < -0.3 is 0 Å². The van der Waals surface area contributed by atoms with Crippen molar-refractivity contribution in [3.05, 3.63) is 0 Å². The van der Waals surface area contributed by atoms with Crippen molar-refractivity contribution < 1.29 is 22.3 Å². The van der Waals surface area contributed by atoms with E-state index in [9.17, 15) is 17.7 Å². The van der Waals surface area contributed by atoms with Crippen LogP contribution in [0.25, 0.3) is 0 Å². The van der Waals surface area contributed by atoms with Gasteiger partial charge in [-0.2, -0.15) is 13.2 Å². The molecule has 0 spiro atoms. The number of hydrogen-bond acceptors (Lipinski definition) is 2. The molecule has 1 aliphatic carbocycles. The Bertz CT molecular complexity index is 237. The highest BCUT2D eigenvalue weighted by Gasteiger charge is 2.40. The largest absolute Gasteiger partial charge is 0.511 e. The minimum Gasteiger partial charge on any atom is -0.168 e. The zero-order chi connectivity index (χ0) is 12.2. The Morgan fingerprint density at radius 2 is 1.88 bits per heavy atom. The molecular weight excluding hydrogens is 240 g/mol. The average Bonchev–Trinajstić information content (AvgIpc) is 2.25. The lowest BCUT2D eigenvalue weighted by molar-refractivity contribution is -0.152. The van der Waals surface area contributed by atoms with E-state index in [0.717, 1.165) is 25.7 Å². The van der Waals surface area contributed by atoms with Gasteiger partial charge in [0.25, 0.3) is 0 Å². The van der Waals surface area contributed by atoms with Crippen LogP contribution in [0.5, 0.6) is 0 Å². The number of alkyl halides is 3. The third-order valence-electron chi connectivity index (χ3n) is 3.02. The first kappa shape index (κ1) is 13.9. The molecule has 0 aliphatic heterocycles. The summed E-state index contributed by atoms with van der Waals surface area (Å²) in [6.07, 6.45) is 0.852. The summed E-state index contributed by atoms with van der Waals surface area (Å²) in [5.41, 5.74) is -0.266. The molecule has 0 heterocycles. The summed E-state index contributed by atoms with van der Waals surface area (Å²) in [6, 6.07) is 0. The Hall–Kier alpha value is -0.150. The van der Waals surface area contributed by atoms with E-state index in [-0.39, 0.29) is 11.6 Å². The second kappa shape index (κ2) is 5.97. The fourth-order valence-electron chi connectivity index (χ4n) is 2.04. The second-order valence-corrected chi connectivity index (χ2v) is 5.96. The molecule has 0 aromatic rings. The Morgan fingerprint density at radius 1 is 1.31 bits per heavy atom. The molecule has 16 heavy (non-hydrogen) atoms. The van der Waals surface area contributed by atoms with Crippen molar-refractivity contribution in [2.75, 3.05) is 6.61 Å². The van der Waals surface area contributed by atoms with Crippen LogP contribution in [0.3, 0.4) is 0 Å². The molecule has 0 N–H and O–H groups in total. The molecule has 0 bridgehead atoms. The quantitative estimate of drug-likeness (QED) is 0.703. The molecule has 1 rings (SSSR count). The van der Waals surface area contributed by atoms with E-state index < -0.39 is 20.8 Å². The van der Waals surface area contributed by atoms with Crippen LogP contribution < -0.4 is 0 Å². The third-order valence-corrected chi connectivity index (χ3v) is 4.49. The van der Waals surface area contributed by atoms with Gasteiger partial charge in [-0.05, 0) is 24.3 Å². The first-order valence-electron chi connectivity index (χ1n) is 5.56. The molecule has 1 aliphatic rings. The third kappa shape index (κ3) is 4.79. The van der Waals surface area contributed by atoms with Crippen molar-refractivity contribution in [1.82, 2.24) is 0 Å². The highest BCUT2D eigenvalue weighted by molar-refractivity contribution is 7.40. The van der Waals surface area contributed by atoms with Crippen molar-refractivity contribution in [2.24, 2.45) is 5.92 Å². The standard InChI is InChI=1S/C10H17F3O2P/c1-8(9-5-3-2-4-6-9)16(14)15-7-10(11,12)13/h8-9H,2-7H2,1H3/q+1. The maximum Gasteiger partial charge on any atom is 0.511 e. The van der Waals surface area contributed by atoms with Crippen LogP contribution in [0.1, 0.15) is 39.0 Å². The highest BCUT2D eigenvalue weighted by Crippen LogP contribution is 2.41. The summed E-state index contributed by atoms with van der Waals surface area (Å²) >= 11 is 0. The van der Waals surface area contributed by atoms with Gasteiger partial charge in [0, 0.05) is 5.92 Å². The number of rotatable bonds is 4. The number of hydrogen-bond donors (Lipinski definition) is 0. The van der Waals surface area contributed by atoms with Crippen molar-refractivity contribution >= 4 is 8.03 Å². The van der Waals surface area contributed by atoms with Crippen LogP contribution in [0.4, 0.5) is 13.2 Å². The van der Waals surface area contributed by atoms with Gasteiger partial charge in [0.05, 0.1) is 0 Å². The summed E-state index contributed by atoms with van der Waals surface area (Å²) in [7, 11) is -2.20. The minimum atomic E-state index is -4.39. The van der Waals surface area contributed by atoms with Crippen LogP contribution in [-0.2, 0) is 9.09 Å². The molecule has 94 valence electrons. The van der Waals surface area contributed by atoms with E-state index in [2.05, 4.69) is 4.52 Å². The van der Waals surface area contributed by atoms with Crippen LogP contribution >= 0.6 is 8.03 Å². The Morgan fingerprint density at radius 3 is 2.38 bits per heavy atom. The highest BCUT2D eigenvalue weighted by atomic mass is 31.1. The summed E-state index contributed by atoms with van der Waals surface area (Å²) < 4.78 is 51.5. The molecule has 6 heteroatoms. The monoisotopic (exact) mass is 257 g/mol. The molecule has 0 aromatic heterocycles. The predicted octanol–water partition coefficient (Wildman–Crippen LogP) is 4.28. The van der Waals surface area contributed by atoms with Crippen LogP contribution in [-0.4, -0.2) is 18.4 Å². The van der Waals surface area contributed by atoms with Gasteiger partial charge >= 0.3 is 14.2 Å². The molecule has 0 radical (unpaired) electrons. The summed E-state index contributed by atoms with van der Waals surface area (Å²) in [6.45, 7) is 0.324.